The van der Waals surface area contributed by atoms with Crippen LogP contribution in [-0.4, -0.2) is 35.7 Å². The van der Waals surface area contributed by atoms with Crippen LogP contribution in [0.3, 0.4) is 0 Å². The lowest BCUT2D eigenvalue weighted by Crippen LogP contribution is -2.31. The van der Waals surface area contributed by atoms with Gasteiger partial charge in [-0.05, 0) is 20.8 Å². The maximum atomic E-state index is 14.0. The predicted molar refractivity (Wildman–Crippen MR) is 137 cm³/mol. The summed E-state index contributed by atoms with van der Waals surface area (Å²) in [5.41, 5.74) is 6.50. The van der Waals surface area contributed by atoms with Crippen LogP contribution in [0.5, 0.6) is 0 Å². The molecule has 182 valence electrons. The molecule has 8 heteroatoms. The molecule has 5 rings (SSSR count). The quantitative estimate of drug-likeness (QED) is 0.344. The molecule has 0 spiro atoms. The number of imidazole rings is 1. The third-order valence-corrected chi connectivity index (χ3v) is 6.43. The largest absolute Gasteiger partial charge is 0.361 e. The number of amides is 1. The highest BCUT2D eigenvalue weighted by molar-refractivity contribution is 5.96. The van der Waals surface area contributed by atoms with Crippen LogP contribution in [0.15, 0.2) is 71.4 Å². The van der Waals surface area contributed by atoms with Crippen molar-refractivity contribution < 1.29 is 9.32 Å². The molecular weight excluding hydrogens is 452 g/mol. The average Bonchev–Trinajstić information content (AvgIpc) is 3.57. The summed E-state index contributed by atoms with van der Waals surface area (Å²) >= 11 is 0. The first-order valence-electron chi connectivity index (χ1n) is 11.8. The zero-order valence-electron chi connectivity index (χ0n) is 20.8. The molecule has 0 bridgehead atoms. The highest BCUT2D eigenvalue weighted by atomic mass is 16.5. The van der Waals surface area contributed by atoms with E-state index < -0.39 is 0 Å². The first kappa shape index (κ1) is 23.3. The lowest BCUT2D eigenvalue weighted by atomic mass is 10.0. The Hall–Kier alpha value is -4.46. The van der Waals surface area contributed by atoms with Gasteiger partial charge in [0.2, 0.25) is 0 Å². The lowest BCUT2D eigenvalue weighted by molar-refractivity contribution is 0.0726. The number of nitrogens with one attached hydrogen (secondary N) is 1. The van der Waals surface area contributed by atoms with Crippen LogP contribution >= 0.6 is 0 Å². The Labute approximate surface area is 209 Å². The molecule has 0 atom stereocenters. The SMILES string of the molecule is Cc1nn(C)c(C)c1C(=O)N(Cc1cnc(-c2ccccc2)[nH]1)Cc1c(-c2ccccc2)noc1C. The van der Waals surface area contributed by atoms with E-state index in [-0.39, 0.29) is 5.91 Å². The van der Waals surface area contributed by atoms with E-state index in [1.807, 2.05) is 88.5 Å². The van der Waals surface area contributed by atoms with E-state index in [4.69, 9.17) is 4.52 Å². The molecular formula is C28H28N6O2. The second-order valence-corrected chi connectivity index (χ2v) is 8.89. The lowest BCUT2D eigenvalue weighted by Gasteiger charge is -2.22. The first-order chi connectivity index (χ1) is 17.4. The number of H-pyrrole nitrogens is 1. The molecule has 8 nitrogen and oxygen atoms in total. The van der Waals surface area contributed by atoms with Gasteiger partial charge >= 0.3 is 0 Å². The molecule has 2 aromatic carbocycles. The normalized spacial score (nSPS) is 11.1. The van der Waals surface area contributed by atoms with E-state index in [2.05, 4.69) is 20.2 Å². The Morgan fingerprint density at radius 1 is 0.972 bits per heavy atom. The van der Waals surface area contributed by atoms with Gasteiger partial charge in [-0.1, -0.05) is 65.8 Å². The van der Waals surface area contributed by atoms with Crippen molar-refractivity contribution in [1.82, 2.24) is 29.8 Å². The number of benzene rings is 2. The fourth-order valence-corrected chi connectivity index (χ4v) is 4.42. The fourth-order valence-electron chi connectivity index (χ4n) is 4.42. The predicted octanol–water partition coefficient (Wildman–Crippen LogP) is 5.23. The number of rotatable bonds is 7. The number of aromatic amines is 1. The van der Waals surface area contributed by atoms with E-state index in [0.29, 0.717) is 30.1 Å². The minimum absolute atomic E-state index is 0.103. The topological polar surface area (TPSA) is 92.8 Å². The van der Waals surface area contributed by atoms with E-state index in [1.165, 1.54) is 0 Å². The molecule has 0 radical (unpaired) electrons. The van der Waals surface area contributed by atoms with Gasteiger partial charge in [0, 0.05) is 29.4 Å². The van der Waals surface area contributed by atoms with Gasteiger partial charge < -0.3 is 14.4 Å². The van der Waals surface area contributed by atoms with Gasteiger partial charge in [-0.2, -0.15) is 5.10 Å². The minimum atomic E-state index is -0.103. The van der Waals surface area contributed by atoms with Crippen molar-refractivity contribution in [2.45, 2.75) is 33.9 Å². The molecule has 0 unspecified atom stereocenters. The summed E-state index contributed by atoms with van der Waals surface area (Å²) in [6, 6.07) is 19.8. The van der Waals surface area contributed by atoms with Gasteiger partial charge in [-0.3, -0.25) is 9.48 Å². The van der Waals surface area contributed by atoms with E-state index in [1.54, 1.807) is 15.8 Å². The van der Waals surface area contributed by atoms with Gasteiger partial charge in [-0.15, -0.1) is 0 Å². The fraction of sp³-hybridized carbons (Fsp3) is 0.214. The second kappa shape index (κ2) is 9.65. The average molecular weight is 481 g/mol. The van der Waals surface area contributed by atoms with Crippen LogP contribution in [0.1, 0.15) is 38.8 Å². The maximum Gasteiger partial charge on any atom is 0.258 e. The summed E-state index contributed by atoms with van der Waals surface area (Å²) in [6.45, 7) is 6.32. The van der Waals surface area contributed by atoms with Crippen molar-refractivity contribution >= 4 is 5.91 Å². The molecule has 0 aliphatic rings. The first-order valence-corrected chi connectivity index (χ1v) is 11.8. The minimum Gasteiger partial charge on any atom is -0.361 e. The maximum absolute atomic E-state index is 14.0. The van der Waals surface area contributed by atoms with Gasteiger partial charge in [0.25, 0.3) is 5.91 Å². The second-order valence-electron chi connectivity index (χ2n) is 8.89. The van der Waals surface area contributed by atoms with Gasteiger partial charge in [-0.25, -0.2) is 4.98 Å². The highest BCUT2D eigenvalue weighted by Gasteiger charge is 2.27. The van der Waals surface area contributed by atoms with Crippen LogP contribution in [0.25, 0.3) is 22.6 Å². The molecule has 3 heterocycles. The summed E-state index contributed by atoms with van der Waals surface area (Å²) in [6.07, 6.45) is 1.78. The van der Waals surface area contributed by atoms with Gasteiger partial charge in [0.05, 0.1) is 36.2 Å². The summed E-state index contributed by atoms with van der Waals surface area (Å²) in [7, 11) is 1.85. The van der Waals surface area contributed by atoms with E-state index >= 15 is 0 Å². The third kappa shape index (κ3) is 4.45. The standard InChI is InChI=1S/C28H28N6O2/c1-18-25(19(2)33(4)31-18)28(35)34(16-23-15-29-27(30-23)22-13-9-6-10-14-22)17-24-20(3)36-32-26(24)21-11-7-5-8-12-21/h5-15H,16-17H2,1-4H3,(H,29,30). The summed E-state index contributed by atoms with van der Waals surface area (Å²) < 4.78 is 7.32. The van der Waals surface area contributed by atoms with Crippen molar-refractivity contribution in [2.75, 3.05) is 0 Å². The Bertz CT molecular complexity index is 1500. The number of hydrogen-bond acceptors (Lipinski definition) is 5. The number of nitrogens with zero attached hydrogens (tertiary/aromatic N) is 5. The molecule has 0 fully saturated rings. The van der Waals surface area contributed by atoms with Crippen molar-refractivity contribution in [3.8, 4) is 22.6 Å². The van der Waals surface area contributed by atoms with Crippen LogP contribution in [0, 0.1) is 20.8 Å². The molecule has 0 aliphatic carbocycles. The summed E-state index contributed by atoms with van der Waals surface area (Å²) in [4.78, 5) is 23.7. The smallest absolute Gasteiger partial charge is 0.258 e. The Balaban J connectivity index is 1.52. The number of aryl methyl sites for hydroxylation is 3. The highest BCUT2D eigenvalue weighted by Crippen LogP contribution is 2.28. The summed E-state index contributed by atoms with van der Waals surface area (Å²) in [5.74, 6) is 1.34. The molecule has 0 saturated carbocycles. The molecule has 5 aromatic rings. The zero-order valence-corrected chi connectivity index (χ0v) is 20.8. The number of carbonyl (C=O) groups excluding carboxylic acids is 1. The zero-order chi connectivity index (χ0) is 25.2. The van der Waals surface area contributed by atoms with Crippen LogP contribution in [0.4, 0.5) is 0 Å². The number of carbonyl (C=O) groups is 1. The molecule has 0 saturated heterocycles. The molecule has 1 amide bonds. The summed E-state index contributed by atoms with van der Waals surface area (Å²) in [5, 5.41) is 8.77. The third-order valence-electron chi connectivity index (χ3n) is 6.43. The number of hydrogen-bond donors (Lipinski definition) is 1. The number of aromatic nitrogens is 5. The van der Waals surface area contributed by atoms with Gasteiger partial charge in [0.1, 0.15) is 17.3 Å². The molecule has 1 N–H and O–H groups in total. The molecule has 0 aliphatic heterocycles. The monoisotopic (exact) mass is 480 g/mol. The van der Waals surface area contributed by atoms with Crippen molar-refractivity contribution in [1.29, 1.82) is 0 Å². The van der Waals surface area contributed by atoms with E-state index in [9.17, 15) is 4.79 Å². The van der Waals surface area contributed by atoms with E-state index in [0.717, 1.165) is 39.6 Å². The van der Waals surface area contributed by atoms with Crippen LogP contribution < -0.4 is 0 Å². The van der Waals surface area contributed by atoms with Gasteiger partial charge in [0.15, 0.2) is 0 Å². The van der Waals surface area contributed by atoms with Crippen LogP contribution in [0.2, 0.25) is 0 Å². The molecule has 36 heavy (non-hydrogen) atoms. The van der Waals surface area contributed by atoms with Crippen molar-refractivity contribution in [2.24, 2.45) is 7.05 Å². The Morgan fingerprint density at radius 3 is 2.28 bits per heavy atom. The molecule has 3 aromatic heterocycles. The van der Waals surface area contributed by atoms with Crippen LogP contribution in [-0.2, 0) is 20.1 Å². The van der Waals surface area contributed by atoms with Crippen molar-refractivity contribution in [3.05, 3.63) is 101 Å². The Kier molecular flexibility index (Phi) is 6.25. The Morgan fingerprint density at radius 2 is 1.64 bits per heavy atom. The van der Waals surface area contributed by atoms with Crippen molar-refractivity contribution in [3.63, 3.8) is 0 Å².